The molecule has 7 atom stereocenters. The van der Waals surface area contributed by atoms with E-state index >= 15 is 0 Å². The molecule has 1 aliphatic heterocycles. The number of nitrogens with one attached hydrogen (secondary N) is 2. The van der Waals surface area contributed by atoms with E-state index in [1.807, 2.05) is 6.26 Å². The molecule has 3 heterocycles. The van der Waals surface area contributed by atoms with E-state index in [4.69, 9.17) is 19.5 Å². The van der Waals surface area contributed by atoms with Gasteiger partial charge in [0.2, 0.25) is 11.8 Å². The minimum absolute atomic E-state index is 0.0347. The van der Waals surface area contributed by atoms with Crippen LogP contribution in [0.15, 0.2) is 12.7 Å². The number of phosphoric acid groups is 3. The summed E-state index contributed by atoms with van der Waals surface area (Å²) in [7, 11) is -13.2. The maximum Gasteiger partial charge on any atom is 0.481 e. The van der Waals surface area contributed by atoms with E-state index in [1.54, 1.807) is 21.6 Å². The summed E-state index contributed by atoms with van der Waals surface area (Å²) in [5.74, 6) is -0.606. The second-order valence-electron chi connectivity index (χ2n) is 11.1. The third kappa shape index (κ3) is 12.4. The molecule has 0 spiro atoms. The first-order valence-corrected chi connectivity index (χ1v) is 21.5. The van der Waals surface area contributed by atoms with Crippen LogP contribution < -0.4 is 16.4 Å². The van der Waals surface area contributed by atoms with Crippen molar-refractivity contribution in [3.63, 3.8) is 0 Å². The summed E-state index contributed by atoms with van der Waals surface area (Å²) in [5.41, 5.74) is 4.31. The van der Waals surface area contributed by atoms with Gasteiger partial charge in [0.15, 0.2) is 17.7 Å². The quantitative estimate of drug-likeness (QED) is 0.0458. The number of rotatable bonds is 20. The number of hydrogen-bond donors (Lipinski definition) is 9. The van der Waals surface area contributed by atoms with Gasteiger partial charge in [-0.2, -0.15) is 4.31 Å². The number of aromatic nitrogens is 4. The van der Waals surface area contributed by atoms with Crippen LogP contribution in [-0.2, 0) is 45.9 Å². The fourth-order valence-electron chi connectivity index (χ4n) is 4.26. The maximum absolute atomic E-state index is 12.6. The van der Waals surface area contributed by atoms with Gasteiger partial charge in [0.05, 0.1) is 19.5 Å². The van der Waals surface area contributed by atoms with Crippen LogP contribution in [0.25, 0.3) is 11.2 Å². The van der Waals surface area contributed by atoms with Gasteiger partial charge < -0.3 is 50.9 Å². The molecule has 1 fully saturated rings. The van der Waals surface area contributed by atoms with E-state index in [1.165, 1.54) is 13.8 Å². The first-order chi connectivity index (χ1) is 23.2. The Morgan fingerprint density at radius 3 is 2.44 bits per heavy atom. The third-order valence-corrected chi connectivity index (χ3v) is 11.6. The van der Waals surface area contributed by atoms with Gasteiger partial charge in [-0.1, -0.05) is 35.4 Å². The highest BCUT2D eigenvalue weighted by Crippen LogP contribution is 2.61. The molecule has 23 nitrogen and oxygen atoms in total. The molecule has 1 aliphatic rings. The van der Waals surface area contributed by atoms with Gasteiger partial charge in [-0.15, -0.1) is 0 Å². The highest BCUT2D eigenvalue weighted by atomic mass is 33.1. The minimum atomic E-state index is -5.54. The number of anilines is 1. The summed E-state index contributed by atoms with van der Waals surface area (Å²) in [5, 5.41) is 26.3. The van der Waals surface area contributed by atoms with Gasteiger partial charge in [-0.05, 0) is 6.26 Å². The van der Waals surface area contributed by atoms with Crippen LogP contribution in [0.2, 0.25) is 0 Å². The predicted octanol–water partition coefficient (Wildman–Crippen LogP) is -0.584. The molecule has 2 aromatic heterocycles. The Morgan fingerprint density at radius 2 is 1.78 bits per heavy atom. The molecule has 2 amide bonds. The molecule has 0 aromatic carbocycles. The highest BCUT2D eigenvalue weighted by molar-refractivity contribution is 8.76. The zero-order valence-corrected chi connectivity index (χ0v) is 30.9. The van der Waals surface area contributed by atoms with Crippen molar-refractivity contribution in [2.24, 2.45) is 5.41 Å². The van der Waals surface area contributed by atoms with Crippen molar-refractivity contribution in [3.8, 4) is 0 Å². The average molecular weight is 814 g/mol. The number of nitrogens with zero attached hydrogens (tertiary/aromatic N) is 4. The Kier molecular flexibility index (Phi) is 15.2. The molecule has 2 unspecified atom stereocenters. The Hall–Kier alpha value is -1.76. The number of carbonyl (C=O) groups excluding carboxylic acids is 2. The number of nitrogen functional groups attached to an aromatic ring is 1. The van der Waals surface area contributed by atoms with Gasteiger partial charge in [-0.3, -0.25) is 27.7 Å². The molecule has 0 bridgehead atoms. The molecule has 0 radical (unpaired) electrons. The summed E-state index contributed by atoms with van der Waals surface area (Å²) in [4.78, 5) is 75.0. The standard InChI is InChI=1S/C22H38N7O16P3S2/c1-22(2,17(32)20(33)25-5-4-13(30)24-6-7-50-49-3)9-42-48(39,40)45-47(37,38)41-8-12-16(44-46(34,35)36)15(31)21(43-12)29-11-28-14-18(23)26-10-27-19(14)29/h10-12,15-17,21,31-32H,4-9H2,1-3H3,(H,24,30)(H,25,33)(H,37,38)(H,39,40)(H2,23,26,27)(H2,34,35,36)/t12-,15-,16-,17-,21-/m1/s1. The first-order valence-electron chi connectivity index (χ1n) is 14.2. The van der Waals surface area contributed by atoms with E-state index in [0.717, 1.165) is 17.2 Å². The highest BCUT2D eigenvalue weighted by Gasteiger charge is 2.50. The van der Waals surface area contributed by atoms with E-state index < -0.39 is 78.6 Å². The predicted molar refractivity (Wildman–Crippen MR) is 176 cm³/mol. The van der Waals surface area contributed by atoms with E-state index in [-0.39, 0.29) is 35.9 Å². The Bertz CT molecular complexity index is 1630. The topological polar surface area (TPSA) is 347 Å². The summed E-state index contributed by atoms with van der Waals surface area (Å²) in [6.07, 6.45) is -4.80. The van der Waals surface area contributed by atoms with E-state index in [9.17, 15) is 53.1 Å². The molecular weight excluding hydrogens is 775 g/mol. The zero-order valence-electron chi connectivity index (χ0n) is 26.6. The molecule has 10 N–H and O–H groups in total. The number of aliphatic hydroxyl groups excluding tert-OH is 2. The number of imidazole rings is 1. The number of fused-ring (bicyclic) bond motifs is 1. The van der Waals surface area contributed by atoms with Gasteiger partial charge >= 0.3 is 23.5 Å². The second-order valence-corrected chi connectivity index (χ2v) is 18.0. The molecule has 284 valence electrons. The molecule has 3 rings (SSSR count). The van der Waals surface area contributed by atoms with Crippen LogP contribution in [-0.4, -0.2) is 124 Å². The van der Waals surface area contributed by atoms with Gasteiger partial charge in [0.25, 0.3) is 0 Å². The lowest BCUT2D eigenvalue weighted by Gasteiger charge is -2.30. The lowest BCUT2D eigenvalue weighted by Crippen LogP contribution is -2.46. The summed E-state index contributed by atoms with van der Waals surface area (Å²) in [6.45, 7) is 0.882. The van der Waals surface area contributed by atoms with Crippen LogP contribution in [0.3, 0.4) is 0 Å². The maximum atomic E-state index is 12.6. The summed E-state index contributed by atoms with van der Waals surface area (Å²) in [6, 6.07) is 0. The lowest BCUT2D eigenvalue weighted by atomic mass is 9.87. The normalized spacial score (nSPS) is 22.9. The fourth-order valence-corrected chi connectivity index (χ4v) is 8.19. The van der Waals surface area contributed by atoms with Crippen molar-refractivity contribution < 1.29 is 75.7 Å². The number of aliphatic hydroxyl groups is 2. The Labute approximate surface area is 292 Å². The molecule has 1 saturated heterocycles. The van der Waals surface area contributed by atoms with Crippen LogP contribution >= 0.6 is 45.1 Å². The van der Waals surface area contributed by atoms with E-state index in [0.29, 0.717) is 12.3 Å². The smallest absolute Gasteiger partial charge is 0.386 e. The van der Waals surface area contributed by atoms with Gasteiger partial charge in [-0.25, -0.2) is 28.6 Å². The van der Waals surface area contributed by atoms with Crippen LogP contribution in [0, 0.1) is 5.41 Å². The number of ether oxygens (including phenoxy) is 1. The number of carbonyl (C=O) groups is 2. The number of phosphoric ester groups is 3. The monoisotopic (exact) mass is 813 g/mol. The SMILES string of the molecule is CSSCCNC(=O)CCNC(=O)[C@@H](O)C(C)(C)COP(=O)(O)OP(=O)(O)OC[C@H]1O[C@@H](n2cnc3c(N)ncnc32)[C@H](O)[C@@H]1OP(=O)(O)O. The fraction of sp³-hybridized carbons (Fsp3) is 0.682. The third-order valence-electron chi connectivity index (χ3n) is 6.70. The second kappa shape index (κ2) is 17.8. The minimum Gasteiger partial charge on any atom is -0.386 e. The van der Waals surface area contributed by atoms with Crippen LogP contribution in [0.1, 0.15) is 26.5 Å². The molecular formula is C22H38N7O16P3S2. The van der Waals surface area contributed by atoms with Crippen molar-refractivity contribution >= 4 is 73.9 Å². The lowest BCUT2D eigenvalue weighted by molar-refractivity contribution is -0.137. The molecule has 28 heteroatoms. The molecule has 0 saturated carbocycles. The van der Waals surface area contributed by atoms with Crippen molar-refractivity contribution in [2.45, 2.75) is 50.9 Å². The van der Waals surface area contributed by atoms with Crippen molar-refractivity contribution in [2.75, 3.05) is 44.0 Å². The average Bonchev–Trinajstić information content (AvgIpc) is 3.57. The van der Waals surface area contributed by atoms with Crippen LogP contribution in [0.4, 0.5) is 5.82 Å². The van der Waals surface area contributed by atoms with Crippen molar-refractivity contribution in [3.05, 3.63) is 12.7 Å². The zero-order chi connectivity index (χ0) is 37.5. The Balaban J connectivity index is 1.57. The first kappa shape index (κ1) is 42.7. The number of amides is 2. The van der Waals surface area contributed by atoms with Crippen molar-refractivity contribution in [1.29, 1.82) is 0 Å². The van der Waals surface area contributed by atoms with Gasteiger partial charge in [0.1, 0.15) is 36.3 Å². The molecule has 2 aromatic rings. The Morgan fingerprint density at radius 1 is 1.10 bits per heavy atom. The number of nitrogens with two attached hydrogens (primary N) is 1. The van der Waals surface area contributed by atoms with E-state index in [2.05, 4.69) is 34.4 Å². The van der Waals surface area contributed by atoms with Crippen LogP contribution in [0.5, 0.6) is 0 Å². The van der Waals surface area contributed by atoms with Gasteiger partial charge in [0, 0.05) is 30.7 Å². The molecule has 50 heavy (non-hydrogen) atoms. The number of hydrogen-bond acceptors (Lipinski definition) is 18. The van der Waals surface area contributed by atoms with Crippen molar-refractivity contribution in [1.82, 2.24) is 30.2 Å². The largest absolute Gasteiger partial charge is 0.481 e. The summed E-state index contributed by atoms with van der Waals surface area (Å²) < 4.78 is 61.9. The molecule has 0 aliphatic carbocycles. The summed E-state index contributed by atoms with van der Waals surface area (Å²) >= 11 is 0.